The molecule has 1 aliphatic rings. The summed E-state index contributed by atoms with van der Waals surface area (Å²) in [4.78, 5) is 25.6. The first kappa shape index (κ1) is 17.5. The molecule has 0 aromatic heterocycles. The number of phenolic OH excluding ortho intramolecular Hbond substituents is 1. The number of carbonyl (C=O) groups is 2. The molecule has 0 bridgehead atoms. The summed E-state index contributed by atoms with van der Waals surface area (Å²) in [6, 6.07) is 9.86. The molecule has 0 unspecified atom stereocenters. The molecular weight excluding hydrogens is 339 g/mol. The van der Waals surface area contributed by atoms with Gasteiger partial charge in [-0.2, -0.15) is 0 Å². The first-order valence-corrected chi connectivity index (χ1v) is 8.03. The highest BCUT2D eigenvalue weighted by atomic mass is 19.1. The molecule has 0 saturated carbocycles. The van der Waals surface area contributed by atoms with Crippen molar-refractivity contribution >= 4 is 18.0 Å². The monoisotopic (exact) mass is 356 g/mol. The number of aromatic hydroxyl groups is 1. The number of hydrogen-bond donors (Lipinski definition) is 2. The van der Waals surface area contributed by atoms with Gasteiger partial charge in [0.05, 0.1) is 13.2 Å². The summed E-state index contributed by atoms with van der Waals surface area (Å²) in [5.74, 6) is -0.737. The molecule has 0 aliphatic carbocycles. The number of hydrogen-bond acceptors (Lipinski definition) is 4. The average Bonchev–Trinajstić information content (AvgIpc) is 2.88. The van der Waals surface area contributed by atoms with E-state index in [1.165, 1.54) is 30.3 Å². The van der Waals surface area contributed by atoms with Crippen LogP contribution in [-0.4, -0.2) is 28.6 Å². The van der Waals surface area contributed by atoms with Crippen molar-refractivity contribution in [3.05, 3.63) is 65.1 Å². The van der Waals surface area contributed by atoms with Gasteiger partial charge in [0.25, 0.3) is 5.91 Å². The Bertz CT molecular complexity index is 878. The van der Waals surface area contributed by atoms with Gasteiger partial charge in [-0.15, -0.1) is 0 Å². The van der Waals surface area contributed by atoms with Crippen molar-refractivity contribution in [3.63, 3.8) is 0 Å². The third kappa shape index (κ3) is 3.51. The third-order valence-corrected chi connectivity index (χ3v) is 3.85. The van der Waals surface area contributed by atoms with Crippen LogP contribution >= 0.6 is 0 Å². The molecule has 6 nitrogen and oxygen atoms in total. The van der Waals surface area contributed by atoms with Crippen LogP contribution in [0.1, 0.15) is 18.1 Å². The number of rotatable bonds is 5. The Hall–Kier alpha value is -3.35. The van der Waals surface area contributed by atoms with Crippen LogP contribution in [0.3, 0.4) is 0 Å². The molecule has 2 aromatic rings. The molecule has 1 aliphatic heterocycles. The van der Waals surface area contributed by atoms with Gasteiger partial charge < -0.3 is 15.2 Å². The van der Waals surface area contributed by atoms with E-state index in [-0.39, 0.29) is 18.0 Å². The van der Waals surface area contributed by atoms with Gasteiger partial charge in [0.1, 0.15) is 11.5 Å². The Morgan fingerprint density at radius 1 is 1.19 bits per heavy atom. The lowest BCUT2D eigenvalue weighted by Crippen LogP contribution is -2.30. The second kappa shape index (κ2) is 7.26. The number of halogens is 1. The number of para-hydroxylation sites is 1. The minimum absolute atomic E-state index is 0.0211. The fourth-order valence-electron chi connectivity index (χ4n) is 2.57. The van der Waals surface area contributed by atoms with Crippen LogP contribution in [0.4, 0.5) is 9.18 Å². The normalized spacial score (nSPS) is 15.5. The zero-order valence-corrected chi connectivity index (χ0v) is 14.0. The maximum Gasteiger partial charge on any atom is 0.329 e. The number of amides is 3. The van der Waals surface area contributed by atoms with Crippen LogP contribution in [0.15, 0.2) is 48.2 Å². The van der Waals surface area contributed by atoms with Crippen LogP contribution < -0.4 is 10.1 Å². The van der Waals surface area contributed by atoms with E-state index in [9.17, 15) is 19.1 Å². The summed E-state index contributed by atoms with van der Waals surface area (Å²) >= 11 is 0. The smallest absolute Gasteiger partial charge is 0.329 e. The second-order valence-corrected chi connectivity index (χ2v) is 5.63. The van der Waals surface area contributed by atoms with Crippen molar-refractivity contribution in [3.8, 4) is 11.5 Å². The van der Waals surface area contributed by atoms with Gasteiger partial charge in [0.2, 0.25) is 0 Å². The number of ether oxygens (including phenoxy) is 1. The first-order valence-electron chi connectivity index (χ1n) is 8.03. The Kier molecular flexibility index (Phi) is 4.88. The van der Waals surface area contributed by atoms with Crippen molar-refractivity contribution in [2.45, 2.75) is 13.5 Å². The van der Waals surface area contributed by atoms with Crippen LogP contribution in [0, 0.1) is 5.82 Å². The fourth-order valence-corrected chi connectivity index (χ4v) is 2.57. The van der Waals surface area contributed by atoms with Crippen LogP contribution in [0.2, 0.25) is 0 Å². The summed E-state index contributed by atoms with van der Waals surface area (Å²) in [7, 11) is 0. The van der Waals surface area contributed by atoms with Crippen LogP contribution in [-0.2, 0) is 11.3 Å². The molecule has 0 atom stereocenters. The summed E-state index contributed by atoms with van der Waals surface area (Å²) in [5, 5.41) is 12.7. The lowest BCUT2D eigenvalue weighted by atomic mass is 10.1. The lowest BCUT2D eigenvalue weighted by Gasteiger charge is -2.11. The fraction of sp³-hybridized carbons (Fsp3) is 0.158. The molecule has 3 rings (SSSR count). The molecule has 26 heavy (non-hydrogen) atoms. The summed E-state index contributed by atoms with van der Waals surface area (Å²) in [6.07, 6.45) is 1.39. The van der Waals surface area contributed by atoms with E-state index in [1.54, 1.807) is 25.1 Å². The number of nitrogens with one attached hydrogen (secondary N) is 1. The predicted octanol–water partition coefficient (Wildman–Crippen LogP) is 3.02. The van der Waals surface area contributed by atoms with Crippen molar-refractivity contribution < 1.29 is 23.8 Å². The second-order valence-electron chi connectivity index (χ2n) is 5.63. The van der Waals surface area contributed by atoms with Gasteiger partial charge >= 0.3 is 6.03 Å². The maximum absolute atomic E-state index is 13.0. The predicted molar refractivity (Wildman–Crippen MR) is 92.7 cm³/mol. The molecule has 1 heterocycles. The minimum Gasteiger partial charge on any atom is -0.504 e. The number of carbonyl (C=O) groups excluding carboxylic acids is 2. The van der Waals surface area contributed by atoms with Gasteiger partial charge in [-0.1, -0.05) is 24.3 Å². The molecule has 134 valence electrons. The summed E-state index contributed by atoms with van der Waals surface area (Å²) < 4.78 is 18.3. The van der Waals surface area contributed by atoms with E-state index in [0.29, 0.717) is 23.5 Å². The van der Waals surface area contributed by atoms with E-state index in [2.05, 4.69) is 5.32 Å². The number of nitrogens with zero attached hydrogens (tertiary/aromatic N) is 1. The molecule has 3 amide bonds. The number of benzene rings is 2. The van der Waals surface area contributed by atoms with E-state index in [1.807, 2.05) is 0 Å². The van der Waals surface area contributed by atoms with Gasteiger partial charge in [0.15, 0.2) is 11.5 Å². The standard InChI is InChI=1S/C19H17FN2O4/c1-2-26-16-5-3-4-13(17(16)23)10-15-18(24)22(19(25)21-15)11-12-6-8-14(20)9-7-12/h3-10,23H,2,11H2,1H3,(H,21,25)/b15-10+. The summed E-state index contributed by atoms with van der Waals surface area (Å²) in [5.41, 5.74) is 1.02. The zero-order valence-electron chi connectivity index (χ0n) is 14.0. The molecule has 1 saturated heterocycles. The first-order chi connectivity index (χ1) is 12.5. The quantitative estimate of drug-likeness (QED) is 0.638. The van der Waals surface area contributed by atoms with Gasteiger partial charge in [-0.3, -0.25) is 9.69 Å². The largest absolute Gasteiger partial charge is 0.504 e. The van der Waals surface area contributed by atoms with Gasteiger partial charge in [-0.05, 0) is 36.8 Å². The molecule has 0 radical (unpaired) electrons. The van der Waals surface area contributed by atoms with E-state index in [4.69, 9.17) is 4.74 Å². The molecule has 1 fully saturated rings. The highest BCUT2D eigenvalue weighted by molar-refractivity contribution is 6.14. The Labute approximate surface area is 149 Å². The van der Waals surface area contributed by atoms with Crippen molar-refractivity contribution in [1.82, 2.24) is 10.2 Å². The van der Waals surface area contributed by atoms with E-state index in [0.717, 1.165) is 4.90 Å². The number of phenols is 1. The van der Waals surface area contributed by atoms with Crippen LogP contribution in [0.5, 0.6) is 11.5 Å². The average molecular weight is 356 g/mol. The highest BCUT2D eigenvalue weighted by Gasteiger charge is 2.33. The van der Waals surface area contributed by atoms with Crippen molar-refractivity contribution in [2.75, 3.05) is 6.61 Å². The molecule has 2 aromatic carbocycles. The van der Waals surface area contributed by atoms with E-state index < -0.39 is 17.8 Å². The van der Waals surface area contributed by atoms with Gasteiger partial charge in [-0.25, -0.2) is 9.18 Å². The molecule has 0 spiro atoms. The minimum atomic E-state index is -0.578. The Morgan fingerprint density at radius 3 is 2.62 bits per heavy atom. The van der Waals surface area contributed by atoms with Gasteiger partial charge in [0, 0.05) is 5.56 Å². The van der Waals surface area contributed by atoms with E-state index >= 15 is 0 Å². The topological polar surface area (TPSA) is 78.9 Å². The molecular formula is C19H17FN2O4. The van der Waals surface area contributed by atoms with Crippen LogP contribution in [0.25, 0.3) is 6.08 Å². The Morgan fingerprint density at radius 2 is 1.92 bits per heavy atom. The highest BCUT2D eigenvalue weighted by Crippen LogP contribution is 2.31. The Balaban J connectivity index is 1.83. The number of imide groups is 1. The van der Waals surface area contributed by atoms with Crippen molar-refractivity contribution in [2.24, 2.45) is 0 Å². The van der Waals surface area contributed by atoms with Crippen molar-refractivity contribution in [1.29, 1.82) is 0 Å². The third-order valence-electron chi connectivity index (χ3n) is 3.85. The lowest BCUT2D eigenvalue weighted by molar-refractivity contribution is -0.123. The zero-order chi connectivity index (χ0) is 18.7. The molecule has 7 heteroatoms. The number of urea groups is 1. The SMILES string of the molecule is CCOc1cccc(/C=C2/NC(=O)N(Cc3ccc(F)cc3)C2=O)c1O. The summed E-state index contributed by atoms with van der Waals surface area (Å²) in [6.45, 7) is 2.20. The molecule has 2 N–H and O–H groups in total. The maximum atomic E-state index is 13.0.